The van der Waals surface area contributed by atoms with Gasteiger partial charge in [0.2, 0.25) is 0 Å². The van der Waals surface area contributed by atoms with E-state index >= 15 is 0 Å². The van der Waals surface area contributed by atoms with E-state index in [2.05, 4.69) is 6.92 Å². The van der Waals surface area contributed by atoms with Crippen LogP contribution in [0.5, 0.6) is 5.75 Å². The third kappa shape index (κ3) is 2.35. The second-order valence-corrected chi connectivity index (χ2v) is 3.93. The van der Waals surface area contributed by atoms with Gasteiger partial charge < -0.3 is 0 Å². The SMILES string of the molecule is Cc1ccc([O][Sb]=[S])cc1. The second kappa shape index (κ2) is 4.05. The van der Waals surface area contributed by atoms with Crippen molar-refractivity contribution >= 4 is 29.3 Å². The van der Waals surface area contributed by atoms with Crippen LogP contribution in [0.15, 0.2) is 24.3 Å². The molecule has 1 aromatic rings. The zero-order chi connectivity index (χ0) is 7.40. The Morgan fingerprint density at radius 2 is 1.90 bits per heavy atom. The molecule has 0 N–H and O–H groups in total. The zero-order valence-electron chi connectivity index (χ0n) is 5.57. The fourth-order valence-electron chi connectivity index (χ4n) is 0.642. The van der Waals surface area contributed by atoms with E-state index in [1.807, 2.05) is 24.3 Å². The topological polar surface area (TPSA) is 9.23 Å². The normalized spacial score (nSPS) is 8.90. The van der Waals surface area contributed by atoms with Crippen LogP contribution < -0.4 is 3.02 Å². The average molecular weight is 261 g/mol. The number of benzene rings is 1. The van der Waals surface area contributed by atoms with Crippen molar-refractivity contribution in [2.24, 2.45) is 0 Å². The van der Waals surface area contributed by atoms with Gasteiger partial charge in [-0.05, 0) is 0 Å². The summed E-state index contributed by atoms with van der Waals surface area (Å²) in [6.45, 7) is 2.05. The molecule has 0 unspecified atom stereocenters. The van der Waals surface area contributed by atoms with Crippen molar-refractivity contribution in [2.45, 2.75) is 6.92 Å². The van der Waals surface area contributed by atoms with Crippen LogP contribution in [0.25, 0.3) is 0 Å². The Balaban J connectivity index is 2.78. The van der Waals surface area contributed by atoms with Crippen molar-refractivity contribution in [3.8, 4) is 5.75 Å². The van der Waals surface area contributed by atoms with Crippen molar-refractivity contribution in [2.75, 3.05) is 0 Å². The number of hydrogen-bond donors (Lipinski definition) is 0. The summed E-state index contributed by atoms with van der Waals surface area (Å²) in [4.78, 5) is 0. The second-order valence-electron chi connectivity index (χ2n) is 1.98. The molecule has 10 heavy (non-hydrogen) atoms. The van der Waals surface area contributed by atoms with Gasteiger partial charge in [-0.3, -0.25) is 0 Å². The third-order valence-electron chi connectivity index (χ3n) is 1.16. The van der Waals surface area contributed by atoms with Crippen LogP contribution in [-0.2, 0) is 0 Å². The van der Waals surface area contributed by atoms with E-state index in [4.69, 9.17) is 12.2 Å². The van der Waals surface area contributed by atoms with E-state index in [1.54, 1.807) is 0 Å². The van der Waals surface area contributed by atoms with Crippen molar-refractivity contribution < 1.29 is 3.02 Å². The molecule has 3 heteroatoms. The first kappa shape index (κ1) is 8.16. The van der Waals surface area contributed by atoms with E-state index in [-0.39, 0.29) is 0 Å². The van der Waals surface area contributed by atoms with Gasteiger partial charge >= 0.3 is 74.8 Å². The van der Waals surface area contributed by atoms with Crippen LogP contribution in [-0.4, -0.2) is 20.1 Å². The molecule has 0 bridgehead atoms. The van der Waals surface area contributed by atoms with Gasteiger partial charge in [-0.15, -0.1) is 0 Å². The predicted octanol–water partition coefficient (Wildman–Crippen LogP) is 2.11. The molecule has 0 aromatic heterocycles. The summed E-state index contributed by atoms with van der Waals surface area (Å²) in [5, 5.41) is 0. The fourth-order valence-corrected chi connectivity index (χ4v) is 1.81. The summed E-state index contributed by atoms with van der Waals surface area (Å²) in [6.07, 6.45) is 0. The van der Waals surface area contributed by atoms with Crippen LogP contribution in [0.1, 0.15) is 5.56 Å². The molecular weight excluding hydrogens is 254 g/mol. The molecule has 52 valence electrons. The molecule has 1 rings (SSSR count). The average Bonchev–Trinajstić information content (AvgIpc) is 1.95. The molecule has 0 amide bonds. The zero-order valence-corrected chi connectivity index (χ0v) is 8.94. The maximum atomic E-state index is 5.23. The monoisotopic (exact) mass is 260 g/mol. The molecule has 0 aliphatic rings. The molecule has 0 radical (unpaired) electrons. The van der Waals surface area contributed by atoms with Crippen LogP contribution in [0, 0.1) is 6.92 Å². The Labute approximate surface area is 74.6 Å². The van der Waals surface area contributed by atoms with Gasteiger partial charge in [0, 0.05) is 0 Å². The fraction of sp³-hybridized carbons (Fsp3) is 0.143. The minimum atomic E-state index is -0.796. The Morgan fingerprint density at radius 1 is 1.30 bits per heavy atom. The van der Waals surface area contributed by atoms with Crippen molar-refractivity contribution in [1.29, 1.82) is 0 Å². The van der Waals surface area contributed by atoms with E-state index in [0.717, 1.165) is 5.75 Å². The van der Waals surface area contributed by atoms with Crippen molar-refractivity contribution in [3.63, 3.8) is 0 Å². The van der Waals surface area contributed by atoms with E-state index in [9.17, 15) is 0 Å². The first-order chi connectivity index (χ1) is 4.83. The van der Waals surface area contributed by atoms with Crippen molar-refractivity contribution in [1.82, 2.24) is 0 Å². The van der Waals surface area contributed by atoms with Crippen molar-refractivity contribution in [3.05, 3.63) is 29.8 Å². The van der Waals surface area contributed by atoms with Crippen LogP contribution in [0.4, 0.5) is 0 Å². The number of aryl methyl sites for hydroxylation is 1. The number of hydrogen-bond acceptors (Lipinski definition) is 2. The molecule has 0 fully saturated rings. The van der Waals surface area contributed by atoms with Crippen LogP contribution in [0.2, 0.25) is 0 Å². The molecular formula is C7H7OSSb. The summed E-state index contributed by atoms with van der Waals surface area (Å²) in [7, 11) is 4.79. The first-order valence-corrected chi connectivity index (χ1v) is 7.42. The Hall–Kier alpha value is 0.0582. The van der Waals surface area contributed by atoms with E-state index in [1.165, 1.54) is 5.56 Å². The Morgan fingerprint density at radius 3 is 2.40 bits per heavy atom. The molecule has 0 heterocycles. The molecule has 0 saturated heterocycles. The standard InChI is InChI=1S/C7H8O.S.Sb/c1-6-2-4-7(8)5-3-6;;/h2-5,8H,1H3;;/q;;+1/p-1. The molecule has 0 spiro atoms. The van der Waals surface area contributed by atoms with Gasteiger partial charge in [-0.25, -0.2) is 0 Å². The summed E-state index contributed by atoms with van der Waals surface area (Å²) in [5.41, 5.74) is 1.25. The molecule has 0 atom stereocenters. The number of rotatable bonds is 2. The van der Waals surface area contributed by atoms with Gasteiger partial charge in [0.05, 0.1) is 0 Å². The van der Waals surface area contributed by atoms with Crippen LogP contribution in [0.3, 0.4) is 0 Å². The minimum absolute atomic E-state index is 0.796. The van der Waals surface area contributed by atoms with E-state index < -0.39 is 20.1 Å². The summed E-state index contributed by atoms with van der Waals surface area (Å²) >= 11 is -0.796. The van der Waals surface area contributed by atoms with Gasteiger partial charge in [-0.2, -0.15) is 0 Å². The summed E-state index contributed by atoms with van der Waals surface area (Å²) in [6, 6.07) is 7.96. The predicted molar refractivity (Wildman–Crippen MR) is 45.2 cm³/mol. The first-order valence-electron chi connectivity index (χ1n) is 2.89. The van der Waals surface area contributed by atoms with Gasteiger partial charge in [-0.1, -0.05) is 0 Å². The third-order valence-corrected chi connectivity index (χ3v) is 2.48. The molecule has 0 aliphatic carbocycles. The quantitative estimate of drug-likeness (QED) is 0.754. The van der Waals surface area contributed by atoms with Gasteiger partial charge in [0.15, 0.2) is 0 Å². The van der Waals surface area contributed by atoms with Gasteiger partial charge in [0.1, 0.15) is 0 Å². The Kier molecular flexibility index (Phi) is 3.30. The van der Waals surface area contributed by atoms with Crippen LogP contribution >= 0.6 is 9.19 Å². The molecule has 0 aliphatic heterocycles. The summed E-state index contributed by atoms with van der Waals surface area (Å²) < 4.78 is 5.23. The Bertz CT molecular complexity index is 220. The maximum absolute atomic E-state index is 5.23. The van der Waals surface area contributed by atoms with E-state index in [0.29, 0.717) is 0 Å². The summed E-state index contributed by atoms with van der Waals surface area (Å²) in [5.74, 6) is 0.914. The molecule has 1 nitrogen and oxygen atoms in total. The molecule has 1 aromatic carbocycles. The van der Waals surface area contributed by atoms with Gasteiger partial charge in [0.25, 0.3) is 0 Å². The molecule has 0 saturated carbocycles.